The number of anilines is 1. The normalized spacial score (nSPS) is 19.0. The maximum Gasteiger partial charge on any atom is 0.328 e. The molecule has 1 aromatic rings. The van der Waals surface area contributed by atoms with E-state index in [1.165, 1.54) is 0 Å². The summed E-state index contributed by atoms with van der Waals surface area (Å²) in [4.78, 5) is 19.1. The second kappa shape index (κ2) is 9.38. The van der Waals surface area contributed by atoms with Crippen LogP contribution in [0, 0.1) is 0 Å². The van der Waals surface area contributed by atoms with Crippen molar-refractivity contribution < 1.29 is 30.0 Å². The topological polar surface area (TPSA) is 139 Å². The number of benzene rings is 1. The molecule has 0 radical (unpaired) electrons. The third-order valence-corrected chi connectivity index (χ3v) is 3.97. The number of fused-ring (bicyclic) bond motifs is 1. The van der Waals surface area contributed by atoms with E-state index in [9.17, 15) is 19.8 Å². The number of aromatic hydroxyl groups is 1. The molecule has 8 heteroatoms. The molecule has 1 aromatic carbocycles. The summed E-state index contributed by atoms with van der Waals surface area (Å²) in [5.41, 5.74) is 2.66. The lowest BCUT2D eigenvalue weighted by Gasteiger charge is -2.36. The number of carbonyl (C=O) groups is 2. The Morgan fingerprint density at radius 2 is 1.70 bits per heavy atom. The summed E-state index contributed by atoms with van der Waals surface area (Å²) in [6, 6.07) is 3.53. The predicted octanol–water partition coefficient (Wildman–Crippen LogP) is 1.88. The van der Waals surface area contributed by atoms with Gasteiger partial charge in [0, 0.05) is 30.8 Å². The molecule has 0 amide bonds. The summed E-state index contributed by atoms with van der Waals surface area (Å²) in [7, 11) is 1.79. The van der Waals surface area contributed by atoms with Crippen molar-refractivity contribution in [3.8, 4) is 5.75 Å². The fourth-order valence-corrected chi connectivity index (χ4v) is 3.00. The van der Waals surface area contributed by atoms with Crippen molar-refractivity contribution in [1.29, 1.82) is 0 Å². The van der Waals surface area contributed by atoms with Gasteiger partial charge in [-0.3, -0.25) is 0 Å². The minimum Gasteiger partial charge on any atom is -0.506 e. The van der Waals surface area contributed by atoms with Gasteiger partial charge < -0.3 is 31.1 Å². The van der Waals surface area contributed by atoms with Crippen LogP contribution in [-0.4, -0.2) is 51.0 Å². The van der Waals surface area contributed by atoms with E-state index < -0.39 is 18.0 Å². The first-order valence-corrected chi connectivity index (χ1v) is 8.58. The van der Waals surface area contributed by atoms with E-state index in [2.05, 4.69) is 31.4 Å². The minimum absolute atomic E-state index is 0.0219. The van der Waals surface area contributed by atoms with Gasteiger partial charge in [0.05, 0.1) is 11.8 Å². The van der Waals surface area contributed by atoms with E-state index in [0.717, 1.165) is 29.7 Å². The second-order valence-corrected chi connectivity index (χ2v) is 7.27. The van der Waals surface area contributed by atoms with Crippen LogP contribution in [0.2, 0.25) is 0 Å². The fourth-order valence-electron chi connectivity index (χ4n) is 3.00. The van der Waals surface area contributed by atoms with Gasteiger partial charge in [-0.1, -0.05) is 6.07 Å². The molecule has 150 valence electrons. The highest BCUT2D eigenvalue weighted by Crippen LogP contribution is 2.39. The third-order valence-electron chi connectivity index (χ3n) is 3.97. The van der Waals surface area contributed by atoms with Crippen LogP contribution >= 0.6 is 0 Å². The van der Waals surface area contributed by atoms with Crippen molar-refractivity contribution in [2.24, 2.45) is 0 Å². The molecule has 0 aromatic heterocycles. The van der Waals surface area contributed by atoms with Crippen molar-refractivity contribution in [3.63, 3.8) is 0 Å². The molecule has 6 N–H and O–H groups in total. The van der Waals surface area contributed by atoms with E-state index in [0.29, 0.717) is 12.2 Å². The number of carboxylic acid groups (broad SMARTS) is 2. The number of aliphatic hydroxyl groups is 1. The van der Waals surface area contributed by atoms with Gasteiger partial charge in [-0.2, -0.15) is 0 Å². The van der Waals surface area contributed by atoms with Crippen LogP contribution in [-0.2, 0) is 16.0 Å². The zero-order chi connectivity index (χ0) is 20.8. The smallest absolute Gasteiger partial charge is 0.328 e. The molecule has 0 saturated heterocycles. The molecular formula is C19H28N2O6. The Kier molecular flexibility index (Phi) is 7.81. The summed E-state index contributed by atoms with van der Waals surface area (Å²) in [5, 5.41) is 42.5. The van der Waals surface area contributed by atoms with Gasteiger partial charge in [0.25, 0.3) is 0 Å². The number of hydrogen-bond donors (Lipinski definition) is 6. The zero-order valence-corrected chi connectivity index (χ0v) is 16.0. The lowest BCUT2D eigenvalue weighted by Crippen LogP contribution is -2.48. The van der Waals surface area contributed by atoms with E-state index in [1.807, 2.05) is 6.07 Å². The number of rotatable bonds is 4. The Hall–Kier alpha value is -2.58. The van der Waals surface area contributed by atoms with E-state index in [-0.39, 0.29) is 17.3 Å². The number of phenols is 1. The average Bonchev–Trinajstić information content (AvgIpc) is 2.55. The summed E-state index contributed by atoms with van der Waals surface area (Å²) in [6.45, 7) is 6.31. The molecule has 0 fully saturated rings. The number of nitrogens with one attached hydrogen (secondary N) is 2. The van der Waals surface area contributed by atoms with Crippen molar-refractivity contribution in [3.05, 3.63) is 35.4 Å². The first kappa shape index (κ1) is 22.5. The number of aliphatic carboxylic acids is 2. The first-order valence-electron chi connectivity index (χ1n) is 8.58. The summed E-state index contributed by atoms with van der Waals surface area (Å²) >= 11 is 0. The van der Waals surface area contributed by atoms with Gasteiger partial charge >= 0.3 is 11.9 Å². The zero-order valence-electron chi connectivity index (χ0n) is 16.0. The van der Waals surface area contributed by atoms with Gasteiger partial charge in [-0.25, -0.2) is 9.59 Å². The molecule has 0 saturated carbocycles. The molecule has 2 rings (SSSR count). The largest absolute Gasteiger partial charge is 0.506 e. The highest BCUT2D eigenvalue weighted by molar-refractivity contribution is 5.89. The van der Waals surface area contributed by atoms with Gasteiger partial charge in [-0.05, 0) is 50.8 Å². The standard InChI is InChI=1S/C15H24N2O2.C4H4O4/c1-15(2,3)17-11-7-5-9-10(14(11)19)6-8-12(18)13(9)16-4;5-3(6)1-2-4(7)8/h6,8,11,14,16-19H,5,7H2,1-4H3;1-2H,(H,5,6)(H,7,8)/b;2-1+/t11-,14+;/m1./s1. The number of carboxylic acids is 2. The number of phenolic OH excluding ortho intramolecular Hbond substituents is 1. The molecular weight excluding hydrogens is 352 g/mol. The van der Waals surface area contributed by atoms with Crippen LogP contribution in [0.15, 0.2) is 24.3 Å². The van der Waals surface area contributed by atoms with E-state index in [4.69, 9.17) is 10.2 Å². The van der Waals surface area contributed by atoms with Gasteiger partial charge in [-0.15, -0.1) is 0 Å². The molecule has 0 unspecified atom stereocenters. The lowest BCUT2D eigenvalue weighted by atomic mass is 9.83. The van der Waals surface area contributed by atoms with E-state index >= 15 is 0 Å². The molecule has 0 spiro atoms. The quantitative estimate of drug-likeness (QED) is 0.344. The number of aliphatic hydroxyl groups excluding tert-OH is 1. The third kappa shape index (κ3) is 6.92. The maximum atomic E-state index is 10.5. The van der Waals surface area contributed by atoms with Crippen LogP contribution in [0.5, 0.6) is 5.75 Å². The van der Waals surface area contributed by atoms with Crippen LogP contribution in [0.3, 0.4) is 0 Å². The number of hydrogen-bond acceptors (Lipinski definition) is 6. The molecule has 1 aliphatic carbocycles. The molecule has 0 bridgehead atoms. The lowest BCUT2D eigenvalue weighted by molar-refractivity contribution is -0.134. The molecule has 0 aliphatic heterocycles. The fraction of sp³-hybridized carbons (Fsp3) is 0.474. The second-order valence-electron chi connectivity index (χ2n) is 7.27. The van der Waals surface area contributed by atoms with Crippen LogP contribution < -0.4 is 10.6 Å². The van der Waals surface area contributed by atoms with Gasteiger partial charge in [0.2, 0.25) is 0 Å². The molecule has 8 nitrogen and oxygen atoms in total. The first-order chi connectivity index (χ1) is 12.5. The molecule has 2 atom stereocenters. The summed E-state index contributed by atoms with van der Waals surface area (Å²) in [5.74, 6) is -2.27. The Balaban J connectivity index is 0.000000387. The average molecular weight is 380 g/mol. The van der Waals surface area contributed by atoms with Crippen molar-refractivity contribution in [2.45, 2.75) is 51.3 Å². The maximum absolute atomic E-state index is 10.5. The van der Waals surface area contributed by atoms with Gasteiger partial charge in [0.1, 0.15) is 5.75 Å². The van der Waals surface area contributed by atoms with Crippen molar-refractivity contribution >= 4 is 17.6 Å². The molecule has 1 aliphatic rings. The Morgan fingerprint density at radius 3 is 2.15 bits per heavy atom. The minimum atomic E-state index is -1.26. The highest BCUT2D eigenvalue weighted by atomic mass is 16.4. The Labute approximate surface area is 158 Å². The predicted molar refractivity (Wildman–Crippen MR) is 102 cm³/mol. The van der Waals surface area contributed by atoms with Crippen LogP contribution in [0.4, 0.5) is 5.69 Å². The van der Waals surface area contributed by atoms with Crippen LogP contribution in [0.1, 0.15) is 44.4 Å². The van der Waals surface area contributed by atoms with E-state index in [1.54, 1.807) is 13.1 Å². The van der Waals surface area contributed by atoms with Crippen LogP contribution in [0.25, 0.3) is 0 Å². The van der Waals surface area contributed by atoms with Gasteiger partial charge in [0.15, 0.2) is 0 Å². The molecule has 27 heavy (non-hydrogen) atoms. The Morgan fingerprint density at radius 1 is 1.15 bits per heavy atom. The summed E-state index contributed by atoms with van der Waals surface area (Å²) in [6.07, 6.45) is 2.30. The SMILES string of the molecule is CNc1c(O)ccc2c1CC[C@@H](NC(C)(C)C)[C@H]2O.O=C(O)/C=C/C(=O)O. The Bertz CT molecular complexity index is 693. The molecule has 0 heterocycles. The highest BCUT2D eigenvalue weighted by Gasteiger charge is 2.32. The monoisotopic (exact) mass is 380 g/mol. The van der Waals surface area contributed by atoms with Crippen molar-refractivity contribution in [2.75, 3.05) is 12.4 Å². The summed E-state index contributed by atoms with van der Waals surface area (Å²) < 4.78 is 0. The van der Waals surface area contributed by atoms with Crippen molar-refractivity contribution in [1.82, 2.24) is 5.32 Å².